The lowest BCUT2D eigenvalue weighted by Crippen LogP contribution is -2.06. The lowest BCUT2D eigenvalue weighted by atomic mass is 9.86. The van der Waals surface area contributed by atoms with Crippen LogP contribution in [0.4, 0.5) is 0 Å². The fourth-order valence-electron chi connectivity index (χ4n) is 3.24. The lowest BCUT2D eigenvalue weighted by molar-refractivity contribution is 0.281. The van der Waals surface area contributed by atoms with Crippen LogP contribution in [-0.2, 0) is 12.8 Å². The van der Waals surface area contributed by atoms with Crippen LogP contribution in [0.25, 0.3) is 0 Å². The van der Waals surface area contributed by atoms with Crippen molar-refractivity contribution < 1.29 is 9.84 Å². The van der Waals surface area contributed by atoms with Crippen molar-refractivity contribution in [1.82, 2.24) is 0 Å². The Hall–Kier alpha value is -1.80. The van der Waals surface area contributed by atoms with Crippen molar-refractivity contribution in [2.24, 2.45) is 0 Å². The second kappa shape index (κ2) is 5.68. The fourth-order valence-corrected chi connectivity index (χ4v) is 3.24. The third-order valence-corrected chi connectivity index (χ3v) is 4.24. The molecule has 2 heteroatoms. The number of benzene rings is 2. The van der Waals surface area contributed by atoms with Gasteiger partial charge in [0, 0.05) is 12.5 Å². The predicted octanol–water partition coefficient (Wildman–Crippen LogP) is 3.31. The summed E-state index contributed by atoms with van der Waals surface area (Å²) in [6.45, 7) is 0.213. The molecule has 20 heavy (non-hydrogen) atoms. The van der Waals surface area contributed by atoms with Crippen LogP contribution in [-0.4, -0.2) is 18.8 Å². The summed E-state index contributed by atoms with van der Waals surface area (Å²) in [5.74, 6) is 1.21. The second-order valence-corrected chi connectivity index (χ2v) is 5.33. The van der Waals surface area contributed by atoms with Crippen molar-refractivity contribution in [3.05, 3.63) is 64.7 Å². The van der Waals surface area contributed by atoms with E-state index in [2.05, 4.69) is 36.4 Å². The molecule has 0 aliphatic heterocycles. The third kappa shape index (κ3) is 2.32. The molecule has 1 N–H and O–H groups in total. The van der Waals surface area contributed by atoms with Gasteiger partial charge in [0.05, 0.1) is 7.11 Å². The maximum Gasteiger partial charge on any atom is 0.119 e. The molecular weight excluding hydrogens is 248 g/mol. The van der Waals surface area contributed by atoms with Crippen LogP contribution >= 0.6 is 0 Å². The van der Waals surface area contributed by atoms with E-state index >= 15 is 0 Å². The number of rotatable bonds is 3. The van der Waals surface area contributed by atoms with E-state index in [1.165, 1.54) is 22.3 Å². The minimum absolute atomic E-state index is 0.213. The first-order valence-corrected chi connectivity index (χ1v) is 7.19. The molecule has 1 aliphatic carbocycles. The molecule has 104 valence electrons. The van der Waals surface area contributed by atoms with Crippen LogP contribution < -0.4 is 4.74 Å². The predicted molar refractivity (Wildman–Crippen MR) is 80.4 cm³/mol. The van der Waals surface area contributed by atoms with Crippen molar-refractivity contribution >= 4 is 0 Å². The first kappa shape index (κ1) is 13.2. The van der Waals surface area contributed by atoms with Crippen molar-refractivity contribution in [3.63, 3.8) is 0 Å². The van der Waals surface area contributed by atoms with E-state index in [1.54, 1.807) is 7.11 Å². The average Bonchev–Trinajstić information content (AvgIpc) is 2.65. The molecule has 0 radical (unpaired) electrons. The molecule has 0 amide bonds. The molecule has 2 aromatic carbocycles. The highest BCUT2D eigenvalue weighted by atomic mass is 16.5. The van der Waals surface area contributed by atoms with Crippen molar-refractivity contribution in [2.75, 3.05) is 13.7 Å². The topological polar surface area (TPSA) is 29.5 Å². The number of aliphatic hydroxyl groups is 1. The van der Waals surface area contributed by atoms with Gasteiger partial charge in [-0.3, -0.25) is 0 Å². The Morgan fingerprint density at radius 1 is 1.05 bits per heavy atom. The highest BCUT2D eigenvalue weighted by Gasteiger charge is 2.23. The summed E-state index contributed by atoms with van der Waals surface area (Å²) in [6.07, 6.45) is 2.86. The number of ether oxygens (including phenoxy) is 1. The number of aliphatic hydroxyl groups excluding tert-OH is 1. The van der Waals surface area contributed by atoms with Crippen molar-refractivity contribution in [1.29, 1.82) is 0 Å². The van der Waals surface area contributed by atoms with Gasteiger partial charge in [-0.2, -0.15) is 0 Å². The van der Waals surface area contributed by atoms with Crippen molar-refractivity contribution in [2.45, 2.75) is 25.2 Å². The van der Waals surface area contributed by atoms with Crippen LogP contribution in [0.2, 0.25) is 0 Å². The Morgan fingerprint density at radius 2 is 1.80 bits per heavy atom. The normalized spacial score (nSPS) is 17.0. The number of fused-ring (bicyclic) bond motifs is 2. The number of methoxy groups -OCH3 is 1. The maximum absolute atomic E-state index is 9.44. The largest absolute Gasteiger partial charge is 0.497 e. The van der Waals surface area contributed by atoms with Gasteiger partial charge in [0.25, 0.3) is 0 Å². The standard InChI is InChI=1S/C18H20O2/c1-20-15-8-9-17-14(12-15)7-6-13-4-2-3-5-16(13)18(17)10-11-19/h2-5,8-9,12,18-19H,6-7,10-11H2,1H3. The van der Waals surface area contributed by atoms with Crippen LogP contribution in [0.3, 0.4) is 0 Å². The summed E-state index contributed by atoms with van der Waals surface area (Å²) >= 11 is 0. The van der Waals surface area contributed by atoms with Gasteiger partial charge in [-0.15, -0.1) is 0 Å². The molecule has 0 spiro atoms. The molecule has 0 saturated heterocycles. The van der Waals surface area contributed by atoms with Gasteiger partial charge in [0.2, 0.25) is 0 Å². The van der Waals surface area contributed by atoms with E-state index in [0.29, 0.717) is 5.92 Å². The minimum atomic E-state index is 0.213. The summed E-state index contributed by atoms with van der Waals surface area (Å²) in [5.41, 5.74) is 5.45. The monoisotopic (exact) mass is 268 g/mol. The summed E-state index contributed by atoms with van der Waals surface area (Å²) in [4.78, 5) is 0. The van der Waals surface area contributed by atoms with E-state index in [9.17, 15) is 5.11 Å². The van der Waals surface area contributed by atoms with Crippen molar-refractivity contribution in [3.8, 4) is 5.75 Å². The molecule has 0 fully saturated rings. The van der Waals surface area contributed by atoms with E-state index in [4.69, 9.17) is 4.74 Å². The fraction of sp³-hybridized carbons (Fsp3) is 0.333. The van der Waals surface area contributed by atoms with E-state index in [0.717, 1.165) is 25.0 Å². The second-order valence-electron chi connectivity index (χ2n) is 5.33. The van der Waals surface area contributed by atoms with Crippen LogP contribution in [0.15, 0.2) is 42.5 Å². The quantitative estimate of drug-likeness (QED) is 0.925. The summed E-state index contributed by atoms with van der Waals surface area (Å²) < 4.78 is 5.34. The zero-order chi connectivity index (χ0) is 13.9. The Balaban J connectivity index is 2.11. The zero-order valence-electron chi connectivity index (χ0n) is 11.8. The average molecular weight is 268 g/mol. The first-order valence-electron chi connectivity index (χ1n) is 7.19. The van der Waals surface area contributed by atoms with Gasteiger partial charge in [-0.25, -0.2) is 0 Å². The smallest absolute Gasteiger partial charge is 0.119 e. The van der Waals surface area contributed by atoms with Gasteiger partial charge in [-0.05, 0) is 53.6 Å². The molecular formula is C18H20O2. The molecule has 1 atom stereocenters. The summed E-state index contributed by atoms with van der Waals surface area (Å²) in [6, 6.07) is 14.9. The number of hydrogen-bond donors (Lipinski definition) is 1. The Bertz CT molecular complexity index is 604. The highest BCUT2D eigenvalue weighted by Crippen LogP contribution is 2.37. The number of hydrogen-bond acceptors (Lipinski definition) is 2. The summed E-state index contributed by atoms with van der Waals surface area (Å²) in [7, 11) is 1.71. The van der Waals surface area contributed by atoms with Gasteiger partial charge in [0.1, 0.15) is 5.75 Å². The highest BCUT2D eigenvalue weighted by molar-refractivity contribution is 5.47. The zero-order valence-corrected chi connectivity index (χ0v) is 11.8. The molecule has 0 heterocycles. The Morgan fingerprint density at radius 3 is 2.60 bits per heavy atom. The van der Waals surface area contributed by atoms with Gasteiger partial charge < -0.3 is 9.84 Å². The molecule has 1 aliphatic rings. The van der Waals surface area contributed by atoms with Crippen LogP contribution in [0.1, 0.15) is 34.6 Å². The van der Waals surface area contributed by atoms with E-state index in [-0.39, 0.29) is 6.61 Å². The van der Waals surface area contributed by atoms with E-state index < -0.39 is 0 Å². The molecule has 3 rings (SSSR count). The van der Waals surface area contributed by atoms with Crippen LogP contribution in [0.5, 0.6) is 5.75 Å². The Kier molecular flexibility index (Phi) is 3.75. The molecule has 1 unspecified atom stereocenters. The molecule has 2 aromatic rings. The molecule has 0 aromatic heterocycles. The third-order valence-electron chi connectivity index (χ3n) is 4.24. The van der Waals surface area contributed by atoms with Gasteiger partial charge in [0.15, 0.2) is 0 Å². The molecule has 0 saturated carbocycles. The van der Waals surface area contributed by atoms with Crippen LogP contribution in [0, 0.1) is 0 Å². The first-order chi connectivity index (χ1) is 9.83. The molecule has 0 bridgehead atoms. The minimum Gasteiger partial charge on any atom is -0.497 e. The van der Waals surface area contributed by atoms with Gasteiger partial charge in [-0.1, -0.05) is 30.3 Å². The number of aryl methyl sites for hydroxylation is 2. The maximum atomic E-state index is 9.44. The molecule has 2 nitrogen and oxygen atoms in total. The SMILES string of the molecule is COc1ccc2c(c1)CCc1ccccc1C2CCO. The Labute approximate surface area is 120 Å². The van der Waals surface area contributed by atoms with E-state index in [1.807, 2.05) is 6.07 Å². The summed E-state index contributed by atoms with van der Waals surface area (Å²) in [5, 5.41) is 9.44. The van der Waals surface area contributed by atoms with Gasteiger partial charge >= 0.3 is 0 Å². The lowest BCUT2D eigenvalue weighted by Gasteiger charge is -2.19.